The molecular weight excluding hydrogens is 840 g/mol. The first-order valence-electron chi connectivity index (χ1n) is 29.1. The molecule has 0 heterocycles. The van der Waals surface area contributed by atoms with Gasteiger partial charge >= 0.3 is 7.82 Å². The summed E-state index contributed by atoms with van der Waals surface area (Å²) in [5.74, 6) is -0.149. The van der Waals surface area contributed by atoms with E-state index in [2.05, 4.69) is 31.3 Å². The van der Waals surface area contributed by atoms with Crippen LogP contribution in [0.5, 0.6) is 0 Å². The minimum atomic E-state index is -4.32. The Morgan fingerprint density at radius 1 is 0.500 bits per heavy atom. The lowest BCUT2D eigenvalue weighted by molar-refractivity contribution is -0.870. The average Bonchev–Trinajstić information content (AvgIpc) is 3.28. The van der Waals surface area contributed by atoms with Crippen LogP contribution < -0.4 is 5.32 Å². The standard InChI is InChI=1S/C57H115N2O6P/c1-6-8-10-12-14-16-18-20-22-23-24-25-26-27-28-29-30-31-32-33-34-35-37-38-40-42-44-46-48-50-56(60)55(54-65-66(62,63)64-53-52-59(3,4)5)58-57(61)51-49-47-45-43-41-39-36-21-19-17-15-13-11-9-7-2/h21,36,55-56,60H,6-20,22-35,37-54H2,1-5H3,(H-,58,61,62,63)/p+1/b36-21-. The lowest BCUT2D eigenvalue weighted by atomic mass is 10.0. The summed E-state index contributed by atoms with van der Waals surface area (Å²) in [6.07, 6.45) is 59.9. The van der Waals surface area contributed by atoms with E-state index < -0.39 is 20.0 Å². The van der Waals surface area contributed by atoms with E-state index in [4.69, 9.17) is 9.05 Å². The lowest BCUT2D eigenvalue weighted by Gasteiger charge is -2.26. The predicted molar refractivity (Wildman–Crippen MR) is 286 cm³/mol. The van der Waals surface area contributed by atoms with Crippen molar-refractivity contribution in [3.05, 3.63) is 12.2 Å². The maximum absolute atomic E-state index is 13.0. The number of nitrogens with one attached hydrogen (secondary N) is 1. The van der Waals surface area contributed by atoms with Crippen molar-refractivity contribution < 1.29 is 32.9 Å². The second kappa shape index (κ2) is 49.2. The van der Waals surface area contributed by atoms with Crippen molar-refractivity contribution in [2.75, 3.05) is 40.9 Å². The Balaban J connectivity index is 4.06. The van der Waals surface area contributed by atoms with Crippen molar-refractivity contribution in [1.29, 1.82) is 0 Å². The van der Waals surface area contributed by atoms with Crippen LogP contribution in [0.15, 0.2) is 12.2 Å². The van der Waals surface area contributed by atoms with Gasteiger partial charge in [0.15, 0.2) is 0 Å². The number of rotatable bonds is 54. The molecule has 0 aliphatic heterocycles. The quantitative estimate of drug-likeness (QED) is 0.0243. The van der Waals surface area contributed by atoms with Crippen LogP contribution >= 0.6 is 7.82 Å². The van der Waals surface area contributed by atoms with Crippen molar-refractivity contribution in [2.45, 2.75) is 309 Å². The molecule has 3 unspecified atom stereocenters. The normalized spacial score (nSPS) is 14.0. The molecule has 0 fully saturated rings. The summed E-state index contributed by atoms with van der Waals surface area (Å²) in [6, 6.07) is -0.762. The number of nitrogens with zero attached hydrogens (tertiary/aromatic N) is 1. The molecule has 0 rings (SSSR count). The summed E-state index contributed by atoms with van der Waals surface area (Å²) >= 11 is 0. The zero-order valence-corrected chi connectivity index (χ0v) is 45.9. The number of hydrogen-bond acceptors (Lipinski definition) is 5. The van der Waals surface area contributed by atoms with Crippen LogP contribution in [0, 0.1) is 0 Å². The number of allylic oxidation sites excluding steroid dienone is 2. The number of phosphoric ester groups is 1. The van der Waals surface area contributed by atoms with Gasteiger partial charge < -0.3 is 19.8 Å². The van der Waals surface area contributed by atoms with Crippen LogP contribution in [0.1, 0.15) is 296 Å². The molecule has 0 saturated heterocycles. The Bertz CT molecular complexity index is 1080. The number of aliphatic hydroxyl groups is 1. The first-order valence-corrected chi connectivity index (χ1v) is 30.5. The van der Waals surface area contributed by atoms with Crippen LogP contribution in [-0.2, 0) is 18.4 Å². The summed E-state index contributed by atoms with van der Waals surface area (Å²) in [6.45, 7) is 4.92. The minimum absolute atomic E-state index is 0.0754. The lowest BCUT2D eigenvalue weighted by Crippen LogP contribution is -2.46. The average molecular weight is 957 g/mol. The first kappa shape index (κ1) is 65.2. The van der Waals surface area contributed by atoms with Crippen LogP contribution in [0.4, 0.5) is 0 Å². The van der Waals surface area contributed by atoms with Gasteiger partial charge in [0.05, 0.1) is 39.9 Å². The smallest absolute Gasteiger partial charge is 0.391 e. The zero-order valence-electron chi connectivity index (χ0n) is 45.0. The van der Waals surface area contributed by atoms with Crippen LogP contribution in [-0.4, -0.2) is 73.4 Å². The van der Waals surface area contributed by atoms with E-state index in [1.54, 1.807) is 0 Å². The molecule has 8 nitrogen and oxygen atoms in total. The van der Waals surface area contributed by atoms with Gasteiger partial charge in [-0.05, 0) is 38.5 Å². The number of carbonyl (C=O) groups is 1. The molecule has 0 aliphatic carbocycles. The van der Waals surface area contributed by atoms with Crippen molar-refractivity contribution in [2.24, 2.45) is 0 Å². The number of carbonyl (C=O) groups excluding carboxylic acids is 1. The number of phosphoric acid groups is 1. The van der Waals surface area contributed by atoms with E-state index in [1.165, 1.54) is 218 Å². The molecule has 0 saturated carbocycles. The van der Waals surface area contributed by atoms with Gasteiger partial charge in [0.2, 0.25) is 5.91 Å². The van der Waals surface area contributed by atoms with Gasteiger partial charge in [-0.2, -0.15) is 0 Å². The van der Waals surface area contributed by atoms with Gasteiger partial charge in [-0.1, -0.05) is 264 Å². The summed E-state index contributed by atoms with van der Waals surface area (Å²) in [7, 11) is 1.62. The fraction of sp³-hybridized carbons (Fsp3) is 0.947. The van der Waals surface area contributed by atoms with E-state index in [0.29, 0.717) is 23.9 Å². The Morgan fingerprint density at radius 2 is 0.818 bits per heavy atom. The molecule has 394 valence electrons. The molecule has 1 amide bonds. The van der Waals surface area contributed by atoms with Crippen LogP contribution in [0.2, 0.25) is 0 Å². The molecule has 3 atom stereocenters. The Kier molecular flexibility index (Phi) is 48.7. The van der Waals surface area contributed by atoms with E-state index in [-0.39, 0.29) is 19.1 Å². The third-order valence-electron chi connectivity index (χ3n) is 13.5. The Labute approximate surface area is 412 Å². The van der Waals surface area contributed by atoms with Crippen molar-refractivity contribution in [1.82, 2.24) is 5.32 Å². The van der Waals surface area contributed by atoms with Crippen LogP contribution in [0.25, 0.3) is 0 Å². The number of likely N-dealkylation sites (N-methyl/N-ethyl adjacent to an activating group) is 1. The molecule has 0 aromatic carbocycles. The summed E-state index contributed by atoms with van der Waals surface area (Å²) in [4.78, 5) is 23.3. The van der Waals surface area contributed by atoms with Gasteiger partial charge in [0.25, 0.3) is 0 Å². The first-order chi connectivity index (χ1) is 32.0. The van der Waals surface area contributed by atoms with Gasteiger partial charge in [-0.15, -0.1) is 0 Å². The van der Waals surface area contributed by atoms with Crippen molar-refractivity contribution >= 4 is 13.7 Å². The molecule has 0 aliphatic rings. The number of unbranched alkanes of at least 4 members (excludes halogenated alkanes) is 39. The maximum atomic E-state index is 13.0. The van der Waals surface area contributed by atoms with E-state index in [9.17, 15) is 19.4 Å². The number of hydrogen-bond donors (Lipinski definition) is 3. The monoisotopic (exact) mass is 956 g/mol. The van der Waals surface area contributed by atoms with E-state index in [1.807, 2.05) is 21.1 Å². The molecule has 0 aromatic heterocycles. The third-order valence-corrected chi connectivity index (χ3v) is 14.5. The number of amides is 1. The molecule has 9 heteroatoms. The van der Waals surface area contributed by atoms with Gasteiger partial charge in [-0.3, -0.25) is 13.8 Å². The summed E-state index contributed by atoms with van der Waals surface area (Å²) in [5, 5.41) is 14.1. The molecule has 0 radical (unpaired) electrons. The highest BCUT2D eigenvalue weighted by molar-refractivity contribution is 7.47. The molecule has 0 bridgehead atoms. The molecule has 0 spiro atoms. The highest BCUT2D eigenvalue weighted by Gasteiger charge is 2.28. The number of quaternary nitrogens is 1. The second-order valence-corrected chi connectivity index (χ2v) is 22.8. The Morgan fingerprint density at radius 3 is 1.17 bits per heavy atom. The topological polar surface area (TPSA) is 105 Å². The maximum Gasteiger partial charge on any atom is 0.472 e. The van der Waals surface area contributed by atoms with Crippen LogP contribution in [0.3, 0.4) is 0 Å². The minimum Gasteiger partial charge on any atom is -0.391 e. The van der Waals surface area contributed by atoms with Crippen molar-refractivity contribution in [3.8, 4) is 0 Å². The number of aliphatic hydroxyl groups excluding tert-OH is 1. The SMILES string of the molecule is CCCCCCCC/C=C\CCCCCCCC(=O)NC(COP(=O)(O)OCC[N+](C)(C)C)C(O)CCCCCCCCCCCCCCCCCCCCCCCCCCCCCCC. The van der Waals surface area contributed by atoms with E-state index >= 15 is 0 Å². The van der Waals surface area contributed by atoms with E-state index in [0.717, 1.165) is 51.4 Å². The van der Waals surface area contributed by atoms with Crippen molar-refractivity contribution in [3.63, 3.8) is 0 Å². The fourth-order valence-corrected chi connectivity index (χ4v) is 9.66. The largest absolute Gasteiger partial charge is 0.472 e. The Hall–Kier alpha value is -0.760. The summed E-state index contributed by atoms with van der Waals surface area (Å²) in [5.41, 5.74) is 0. The molecule has 0 aromatic rings. The van der Waals surface area contributed by atoms with Gasteiger partial charge in [0, 0.05) is 6.42 Å². The second-order valence-electron chi connectivity index (χ2n) is 21.4. The highest BCUT2D eigenvalue weighted by Crippen LogP contribution is 2.43. The predicted octanol–water partition coefficient (Wildman–Crippen LogP) is 17.4. The third kappa shape index (κ3) is 51.1. The summed E-state index contributed by atoms with van der Waals surface area (Å²) < 4.78 is 23.8. The highest BCUT2D eigenvalue weighted by atomic mass is 31.2. The molecule has 66 heavy (non-hydrogen) atoms. The molecule has 3 N–H and O–H groups in total. The van der Waals surface area contributed by atoms with Gasteiger partial charge in [0.1, 0.15) is 13.2 Å². The molecular formula is C57H116N2O6P+. The van der Waals surface area contributed by atoms with Gasteiger partial charge in [-0.25, -0.2) is 4.57 Å². The zero-order chi connectivity index (χ0) is 48.5. The fourth-order valence-electron chi connectivity index (χ4n) is 8.93.